The molecule has 0 bridgehead atoms. The van der Waals surface area contributed by atoms with Gasteiger partial charge in [0.15, 0.2) is 44.5 Å². The molecule has 3 N–H and O–H groups in total. The van der Waals surface area contributed by atoms with Gasteiger partial charge in [0.2, 0.25) is 17.6 Å². The van der Waals surface area contributed by atoms with Gasteiger partial charge in [-0.05, 0) is 37.0 Å². The molecule has 2 aliphatic heterocycles. The van der Waals surface area contributed by atoms with Crippen LogP contribution in [-0.4, -0.2) is 61.8 Å². The number of fused-ring (bicyclic) bond motifs is 4. The van der Waals surface area contributed by atoms with Crippen LogP contribution in [0.25, 0.3) is 0 Å². The highest BCUT2D eigenvalue weighted by Crippen LogP contribution is 2.67. The van der Waals surface area contributed by atoms with Crippen LogP contribution >= 0.6 is 23.2 Å². The van der Waals surface area contributed by atoms with Crippen LogP contribution in [0.5, 0.6) is 17.2 Å². The van der Waals surface area contributed by atoms with E-state index in [1.807, 2.05) is 0 Å². The number of hydrogen-bond acceptors (Lipinski definition) is 8. The topological polar surface area (TPSA) is 162 Å². The molecule has 3 fully saturated rings. The van der Waals surface area contributed by atoms with E-state index in [4.69, 9.17) is 27.9 Å². The first-order valence-electron chi connectivity index (χ1n) is 15.2. The van der Waals surface area contributed by atoms with E-state index in [1.165, 1.54) is 31.4 Å². The first-order chi connectivity index (χ1) is 24.4. The molecule has 2 saturated heterocycles. The Morgan fingerprint density at radius 2 is 1.50 bits per heavy atom. The SMILES string of the molecule is COc1cccc(C2C3=CCC4C(=O)N(c5ccc(C(=O)O)c(O)c5)C(=O)C4C3CC3(Cl)C(=O)N(c4c(F)c(F)c(F)c(F)c4F)C(=O)C23Cl)c1O. The van der Waals surface area contributed by atoms with Gasteiger partial charge in [-0.3, -0.25) is 19.2 Å². The molecule has 2 aliphatic carbocycles. The summed E-state index contributed by atoms with van der Waals surface area (Å²) in [7, 11) is 1.18. The number of imide groups is 2. The van der Waals surface area contributed by atoms with Gasteiger partial charge in [0.05, 0.1) is 24.6 Å². The lowest BCUT2D eigenvalue weighted by Gasteiger charge is -2.50. The maximum atomic E-state index is 15.2. The number of methoxy groups -OCH3 is 1. The van der Waals surface area contributed by atoms with E-state index in [9.17, 15) is 52.5 Å². The Kier molecular flexibility index (Phi) is 7.88. The third-order valence-corrected chi connectivity index (χ3v) is 11.7. The molecular weight excluding hydrogens is 746 g/mol. The largest absolute Gasteiger partial charge is 0.507 e. The van der Waals surface area contributed by atoms with Gasteiger partial charge < -0.3 is 20.1 Å². The van der Waals surface area contributed by atoms with E-state index >= 15 is 8.78 Å². The average molecular weight is 767 g/mol. The number of carbonyl (C=O) groups excluding carboxylic acids is 4. The lowest BCUT2D eigenvalue weighted by Crippen LogP contribution is -2.60. The Hall–Kier alpha value is -5.22. The lowest BCUT2D eigenvalue weighted by molar-refractivity contribution is -0.125. The van der Waals surface area contributed by atoms with Crippen molar-refractivity contribution in [2.45, 2.75) is 28.5 Å². The minimum Gasteiger partial charge on any atom is -0.507 e. The van der Waals surface area contributed by atoms with Gasteiger partial charge in [-0.1, -0.05) is 23.8 Å². The number of phenolic OH excluding ortho intramolecular Hbond substituents is 1. The molecule has 270 valence electrons. The summed E-state index contributed by atoms with van der Waals surface area (Å²) in [6, 6.07) is 6.87. The summed E-state index contributed by atoms with van der Waals surface area (Å²) in [5.74, 6) is -26.4. The summed E-state index contributed by atoms with van der Waals surface area (Å²) >= 11 is 14.1. The summed E-state index contributed by atoms with van der Waals surface area (Å²) in [4.78, 5) is 62.7. The van der Waals surface area contributed by atoms with Crippen molar-refractivity contribution in [1.29, 1.82) is 0 Å². The van der Waals surface area contributed by atoms with E-state index in [-0.39, 0.29) is 33.9 Å². The van der Waals surface area contributed by atoms with E-state index in [0.717, 1.165) is 18.2 Å². The Labute approximate surface area is 298 Å². The average Bonchev–Trinajstić information content (AvgIpc) is 3.44. The van der Waals surface area contributed by atoms with Gasteiger partial charge in [-0.25, -0.2) is 36.5 Å². The molecule has 6 atom stereocenters. The standard InChI is InChI=1S/C34H21Cl2F5N2O9/c1-52-18-4-2-3-15(27(18)45)20-12-7-8-14-19(29(47)42(28(14)46)11-5-6-13(30(48)49)17(44)9-11)16(12)10-33(35)31(50)43(32(51)34(20,33)36)26-24(40)22(38)21(37)23(39)25(26)41/h2-7,9,14,16,19-20,44-45H,8,10H2,1H3,(H,48,49). The molecule has 52 heavy (non-hydrogen) atoms. The molecular formula is C34H21Cl2F5N2O9. The molecule has 0 radical (unpaired) electrons. The predicted molar refractivity (Wildman–Crippen MR) is 169 cm³/mol. The minimum atomic E-state index is -2.87. The molecule has 3 aromatic carbocycles. The number of ether oxygens (including phenoxy) is 1. The van der Waals surface area contributed by atoms with Gasteiger partial charge in [0.1, 0.15) is 17.0 Å². The minimum absolute atomic E-state index is 0.0727. The van der Waals surface area contributed by atoms with Crippen LogP contribution in [0, 0.1) is 46.8 Å². The maximum absolute atomic E-state index is 15.2. The second-order valence-electron chi connectivity index (χ2n) is 12.6. The van der Waals surface area contributed by atoms with Crippen LogP contribution in [-0.2, 0) is 19.2 Å². The smallest absolute Gasteiger partial charge is 0.339 e. The summed E-state index contributed by atoms with van der Waals surface area (Å²) < 4.78 is 78.5. The number of carbonyl (C=O) groups is 5. The molecule has 1 saturated carbocycles. The van der Waals surface area contributed by atoms with Crippen LogP contribution in [0.2, 0.25) is 0 Å². The fourth-order valence-corrected chi connectivity index (χ4v) is 8.87. The number of halogens is 7. The number of carboxylic acid groups (broad SMARTS) is 1. The monoisotopic (exact) mass is 766 g/mol. The van der Waals surface area contributed by atoms with Crippen molar-refractivity contribution >= 4 is 64.2 Å². The van der Waals surface area contributed by atoms with Crippen molar-refractivity contribution in [3.63, 3.8) is 0 Å². The first-order valence-corrected chi connectivity index (χ1v) is 16.0. The van der Waals surface area contributed by atoms with Crippen molar-refractivity contribution < 1.29 is 66.0 Å². The van der Waals surface area contributed by atoms with Crippen molar-refractivity contribution in [3.05, 3.63) is 88.3 Å². The predicted octanol–water partition coefficient (Wildman–Crippen LogP) is 5.27. The van der Waals surface area contributed by atoms with E-state index in [0.29, 0.717) is 4.90 Å². The first kappa shape index (κ1) is 35.2. The number of benzene rings is 3. The molecule has 6 unspecified atom stereocenters. The Morgan fingerprint density at radius 3 is 2.10 bits per heavy atom. The van der Waals surface area contributed by atoms with Crippen LogP contribution in [0.3, 0.4) is 0 Å². The van der Waals surface area contributed by atoms with E-state index in [1.54, 1.807) is 0 Å². The fraction of sp³-hybridized carbons (Fsp3) is 0.265. The number of rotatable bonds is 5. The second kappa shape index (κ2) is 11.6. The highest BCUT2D eigenvalue weighted by Gasteiger charge is 2.77. The number of nitrogens with zero attached hydrogens (tertiary/aromatic N) is 2. The number of aromatic carboxylic acids is 1. The number of anilines is 2. The number of alkyl halides is 2. The molecule has 4 aliphatic rings. The molecule has 18 heteroatoms. The van der Waals surface area contributed by atoms with Crippen LogP contribution in [0.15, 0.2) is 48.0 Å². The van der Waals surface area contributed by atoms with Crippen LogP contribution in [0.1, 0.15) is 34.7 Å². The van der Waals surface area contributed by atoms with Gasteiger partial charge >= 0.3 is 5.97 Å². The molecule has 7 rings (SSSR count). The zero-order chi connectivity index (χ0) is 37.9. The maximum Gasteiger partial charge on any atom is 0.339 e. The third kappa shape index (κ3) is 4.33. The number of phenols is 2. The molecule has 0 aromatic heterocycles. The van der Waals surface area contributed by atoms with Crippen LogP contribution in [0.4, 0.5) is 33.3 Å². The lowest BCUT2D eigenvalue weighted by atomic mass is 9.56. The summed E-state index contributed by atoms with van der Waals surface area (Å²) in [5, 5.41) is 30.9. The zero-order valence-corrected chi connectivity index (χ0v) is 27.6. The summed E-state index contributed by atoms with van der Waals surface area (Å²) in [6.07, 6.45) is 0.428. The van der Waals surface area contributed by atoms with Gasteiger partial charge in [0.25, 0.3) is 11.8 Å². The second-order valence-corrected chi connectivity index (χ2v) is 13.9. The number of hydrogen-bond donors (Lipinski definition) is 3. The van der Waals surface area contributed by atoms with Crippen molar-refractivity contribution in [1.82, 2.24) is 0 Å². The normalized spacial score (nSPS) is 28.1. The molecule has 2 heterocycles. The molecule has 3 aromatic rings. The van der Waals surface area contributed by atoms with Gasteiger partial charge in [-0.15, -0.1) is 23.2 Å². The Balaban J connectivity index is 1.43. The number of para-hydroxylation sites is 1. The van der Waals surface area contributed by atoms with E-state index < -0.39 is 121 Å². The van der Waals surface area contributed by atoms with E-state index in [2.05, 4.69) is 0 Å². The fourth-order valence-electron chi connectivity index (χ4n) is 7.94. The third-order valence-electron chi connectivity index (χ3n) is 10.3. The zero-order valence-electron chi connectivity index (χ0n) is 26.1. The molecule has 11 nitrogen and oxygen atoms in total. The molecule has 0 spiro atoms. The van der Waals surface area contributed by atoms with Crippen molar-refractivity contribution in [3.8, 4) is 17.2 Å². The highest BCUT2D eigenvalue weighted by atomic mass is 35.5. The Morgan fingerprint density at radius 1 is 0.865 bits per heavy atom. The van der Waals surface area contributed by atoms with Gasteiger partial charge in [-0.2, -0.15) is 0 Å². The highest BCUT2D eigenvalue weighted by molar-refractivity contribution is 6.58. The quantitative estimate of drug-likeness (QED) is 0.0785. The van der Waals surface area contributed by atoms with Crippen molar-refractivity contribution in [2.24, 2.45) is 17.8 Å². The molecule has 4 amide bonds. The number of carboxylic acids is 1. The number of aromatic hydroxyl groups is 2. The van der Waals surface area contributed by atoms with Crippen molar-refractivity contribution in [2.75, 3.05) is 16.9 Å². The van der Waals surface area contributed by atoms with Crippen LogP contribution < -0.4 is 14.5 Å². The Bertz CT molecular complexity index is 2210. The number of amides is 4. The van der Waals surface area contributed by atoms with Gasteiger partial charge in [0, 0.05) is 17.5 Å². The summed E-state index contributed by atoms with van der Waals surface area (Å²) in [6.45, 7) is 0. The number of allylic oxidation sites excluding steroid dienone is 2. The summed E-state index contributed by atoms with van der Waals surface area (Å²) in [5.41, 5.74) is -2.85.